The number of amides is 1. The molecular weight excluding hydrogens is 422 g/mol. The molecule has 0 radical (unpaired) electrons. The Morgan fingerprint density at radius 1 is 1.19 bits per heavy atom. The van der Waals surface area contributed by atoms with E-state index >= 15 is 0 Å². The molecule has 1 aromatic heterocycles. The van der Waals surface area contributed by atoms with Gasteiger partial charge >= 0.3 is 0 Å². The Kier molecular flexibility index (Phi) is 8.09. The standard InChI is InChI=1S/C25H31N3O3S/c1-2-31-21-10-11-22-23(19-21)32-25(26-22)28(14-6-13-27-15-17-30-18-16-27)24(29)12-9-20-7-4-3-5-8-20/h3-5,7-8,10-11,19H,2,6,9,12-18H2,1H3. The molecular formula is C25H31N3O3S. The molecule has 32 heavy (non-hydrogen) atoms. The van der Waals surface area contributed by atoms with Crippen molar-refractivity contribution in [3.8, 4) is 5.75 Å². The number of hydrogen-bond donors (Lipinski definition) is 0. The molecule has 1 amide bonds. The molecule has 7 heteroatoms. The number of aromatic nitrogens is 1. The number of benzene rings is 2. The third-order valence-electron chi connectivity index (χ3n) is 5.62. The maximum atomic E-state index is 13.3. The number of carbonyl (C=O) groups excluding carboxylic acids is 1. The fourth-order valence-electron chi connectivity index (χ4n) is 3.90. The number of morpholine rings is 1. The third-order valence-corrected chi connectivity index (χ3v) is 6.66. The van der Waals surface area contributed by atoms with E-state index in [2.05, 4.69) is 17.0 Å². The van der Waals surface area contributed by atoms with Gasteiger partial charge in [0.2, 0.25) is 5.91 Å². The fraction of sp³-hybridized carbons (Fsp3) is 0.440. The Hall–Kier alpha value is -2.48. The molecule has 170 valence electrons. The second-order valence-corrected chi connectivity index (χ2v) is 8.91. The summed E-state index contributed by atoms with van der Waals surface area (Å²) in [4.78, 5) is 22.4. The predicted molar refractivity (Wildman–Crippen MR) is 130 cm³/mol. The summed E-state index contributed by atoms with van der Waals surface area (Å²) in [6.07, 6.45) is 2.12. The van der Waals surface area contributed by atoms with Crippen LogP contribution in [0.4, 0.5) is 5.13 Å². The number of aryl methyl sites for hydroxylation is 1. The van der Waals surface area contributed by atoms with Crippen LogP contribution in [-0.4, -0.2) is 61.8 Å². The van der Waals surface area contributed by atoms with Gasteiger partial charge in [-0.3, -0.25) is 14.6 Å². The van der Waals surface area contributed by atoms with Crippen LogP contribution in [0.1, 0.15) is 25.3 Å². The lowest BCUT2D eigenvalue weighted by Crippen LogP contribution is -2.39. The second kappa shape index (κ2) is 11.4. The SMILES string of the molecule is CCOc1ccc2nc(N(CCCN3CCOCC3)C(=O)CCc3ccccc3)sc2c1. The Morgan fingerprint density at radius 2 is 2.00 bits per heavy atom. The highest BCUT2D eigenvalue weighted by molar-refractivity contribution is 7.22. The van der Waals surface area contributed by atoms with E-state index < -0.39 is 0 Å². The van der Waals surface area contributed by atoms with Crippen molar-refractivity contribution in [1.29, 1.82) is 0 Å². The van der Waals surface area contributed by atoms with E-state index in [9.17, 15) is 4.79 Å². The van der Waals surface area contributed by atoms with Gasteiger partial charge < -0.3 is 9.47 Å². The monoisotopic (exact) mass is 453 g/mol. The minimum atomic E-state index is 0.125. The zero-order valence-electron chi connectivity index (χ0n) is 18.7. The summed E-state index contributed by atoms with van der Waals surface area (Å²) >= 11 is 1.56. The number of nitrogens with zero attached hydrogens (tertiary/aromatic N) is 3. The van der Waals surface area contributed by atoms with Crippen LogP contribution in [0.15, 0.2) is 48.5 Å². The number of fused-ring (bicyclic) bond motifs is 1. The molecule has 1 aliphatic heterocycles. The number of hydrogen-bond acceptors (Lipinski definition) is 6. The Morgan fingerprint density at radius 3 is 2.78 bits per heavy atom. The summed E-state index contributed by atoms with van der Waals surface area (Å²) in [5, 5.41) is 0.772. The molecule has 0 atom stereocenters. The van der Waals surface area contributed by atoms with Crippen molar-refractivity contribution in [2.45, 2.75) is 26.2 Å². The molecule has 0 N–H and O–H groups in total. The van der Waals surface area contributed by atoms with E-state index in [4.69, 9.17) is 14.5 Å². The van der Waals surface area contributed by atoms with Gasteiger partial charge in [-0.25, -0.2) is 4.98 Å². The van der Waals surface area contributed by atoms with Gasteiger partial charge in [0.1, 0.15) is 5.75 Å². The van der Waals surface area contributed by atoms with Crippen molar-refractivity contribution >= 4 is 32.6 Å². The minimum absolute atomic E-state index is 0.125. The van der Waals surface area contributed by atoms with Crippen molar-refractivity contribution in [3.63, 3.8) is 0 Å². The molecule has 3 aromatic rings. The normalized spacial score (nSPS) is 14.5. The van der Waals surface area contributed by atoms with Crippen LogP contribution in [0.5, 0.6) is 5.75 Å². The van der Waals surface area contributed by atoms with Gasteiger partial charge in [-0.15, -0.1) is 0 Å². The number of carbonyl (C=O) groups is 1. The van der Waals surface area contributed by atoms with Crippen molar-refractivity contribution in [3.05, 3.63) is 54.1 Å². The molecule has 0 saturated carbocycles. The maximum absolute atomic E-state index is 13.3. The van der Waals surface area contributed by atoms with E-state index in [0.29, 0.717) is 19.6 Å². The topological polar surface area (TPSA) is 54.9 Å². The van der Waals surface area contributed by atoms with Gasteiger partial charge in [0.05, 0.1) is 30.0 Å². The van der Waals surface area contributed by atoms with E-state index in [1.165, 1.54) is 5.56 Å². The van der Waals surface area contributed by atoms with E-state index in [1.54, 1.807) is 11.3 Å². The summed E-state index contributed by atoms with van der Waals surface area (Å²) in [7, 11) is 0. The predicted octanol–water partition coefficient (Wildman–Crippen LogP) is 4.38. The van der Waals surface area contributed by atoms with Crippen LogP contribution >= 0.6 is 11.3 Å². The molecule has 2 aromatic carbocycles. The lowest BCUT2D eigenvalue weighted by Gasteiger charge is -2.27. The summed E-state index contributed by atoms with van der Waals surface area (Å²) in [5.41, 5.74) is 2.09. The first-order valence-corrected chi connectivity index (χ1v) is 12.2. The van der Waals surface area contributed by atoms with Gasteiger partial charge in [-0.05, 0) is 43.5 Å². The van der Waals surface area contributed by atoms with Crippen molar-refractivity contribution in [2.24, 2.45) is 0 Å². The maximum Gasteiger partial charge on any atom is 0.229 e. The quantitative estimate of drug-likeness (QED) is 0.456. The van der Waals surface area contributed by atoms with Gasteiger partial charge in [-0.2, -0.15) is 0 Å². The highest BCUT2D eigenvalue weighted by Gasteiger charge is 2.20. The number of ether oxygens (including phenoxy) is 2. The van der Waals surface area contributed by atoms with Crippen LogP contribution in [-0.2, 0) is 16.0 Å². The minimum Gasteiger partial charge on any atom is -0.494 e. The summed E-state index contributed by atoms with van der Waals surface area (Å²) in [6, 6.07) is 16.1. The summed E-state index contributed by atoms with van der Waals surface area (Å²) in [5.74, 6) is 0.962. The van der Waals surface area contributed by atoms with E-state index in [1.807, 2.05) is 48.2 Å². The molecule has 1 saturated heterocycles. The Balaban J connectivity index is 1.47. The Labute approximate surface area is 193 Å². The van der Waals surface area contributed by atoms with Crippen LogP contribution in [0, 0.1) is 0 Å². The first-order valence-electron chi connectivity index (χ1n) is 11.4. The first-order chi connectivity index (χ1) is 15.7. The smallest absolute Gasteiger partial charge is 0.229 e. The zero-order chi connectivity index (χ0) is 22.2. The molecule has 4 rings (SSSR count). The van der Waals surface area contributed by atoms with Crippen LogP contribution < -0.4 is 9.64 Å². The van der Waals surface area contributed by atoms with Crippen molar-refractivity contribution in [2.75, 3.05) is 50.9 Å². The molecule has 6 nitrogen and oxygen atoms in total. The van der Waals surface area contributed by atoms with Gasteiger partial charge in [-0.1, -0.05) is 41.7 Å². The van der Waals surface area contributed by atoms with Crippen LogP contribution in [0.2, 0.25) is 0 Å². The highest BCUT2D eigenvalue weighted by atomic mass is 32.1. The largest absolute Gasteiger partial charge is 0.494 e. The number of thiazole rings is 1. The van der Waals surface area contributed by atoms with E-state index in [-0.39, 0.29) is 5.91 Å². The zero-order valence-corrected chi connectivity index (χ0v) is 19.5. The highest BCUT2D eigenvalue weighted by Crippen LogP contribution is 2.32. The fourth-order valence-corrected chi connectivity index (χ4v) is 4.94. The average molecular weight is 454 g/mol. The lowest BCUT2D eigenvalue weighted by atomic mass is 10.1. The molecule has 1 aliphatic rings. The summed E-state index contributed by atoms with van der Waals surface area (Å²) < 4.78 is 12.1. The van der Waals surface area contributed by atoms with Gasteiger partial charge in [0.25, 0.3) is 0 Å². The molecule has 0 bridgehead atoms. The van der Waals surface area contributed by atoms with Crippen LogP contribution in [0.25, 0.3) is 10.2 Å². The summed E-state index contributed by atoms with van der Waals surface area (Å²) in [6.45, 7) is 7.74. The number of anilines is 1. The first kappa shape index (κ1) is 22.7. The molecule has 1 fully saturated rings. The third kappa shape index (κ3) is 6.06. The van der Waals surface area contributed by atoms with Gasteiger partial charge in [0.15, 0.2) is 5.13 Å². The van der Waals surface area contributed by atoms with Crippen molar-refractivity contribution in [1.82, 2.24) is 9.88 Å². The lowest BCUT2D eigenvalue weighted by molar-refractivity contribution is -0.118. The average Bonchev–Trinajstić information content (AvgIpc) is 3.25. The van der Waals surface area contributed by atoms with Gasteiger partial charge in [0, 0.05) is 32.6 Å². The molecule has 0 aliphatic carbocycles. The number of rotatable bonds is 10. The molecule has 2 heterocycles. The second-order valence-electron chi connectivity index (χ2n) is 7.90. The van der Waals surface area contributed by atoms with Crippen LogP contribution in [0.3, 0.4) is 0 Å². The van der Waals surface area contributed by atoms with E-state index in [0.717, 1.165) is 66.8 Å². The molecule has 0 unspecified atom stereocenters. The molecule has 0 spiro atoms. The van der Waals surface area contributed by atoms with Crippen molar-refractivity contribution < 1.29 is 14.3 Å². The Bertz CT molecular complexity index is 1000.